The standard InChI is InChI=1S/C15H26N2O2/c1-15(2,3)16-14(19)11-9-13(18)17(10-11)12-7-5-4-6-8-12/h11-12H,4-10H2,1-3H3,(H,16,19)/t11-/m0/s1. The van der Waals surface area contributed by atoms with Crippen LogP contribution in [-0.4, -0.2) is 34.8 Å². The van der Waals surface area contributed by atoms with Crippen LogP contribution in [0.5, 0.6) is 0 Å². The highest BCUT2D eigenvalue weighted by Gasteiger charge is 2.38. The minimum atomic E-state index is -0.224. The van der Waals surface area contributed by atoms with Gasteiger partial charge in [0.25, 0.3) is 0 Å². The van der Waals surface area contributed by atoms with E-state index in [4.69, 9.17) is 0 Å². The van der Waals surface area contributed by atoms with E-state index in [1.165, 1.54) is 19.3 Å². The van der Waals surface area contributed by atoms with Crippen LogP contribution >= 0.6 is 0 Å². The van der Waals surface area contributed by atoms with Crippen LogP contribution in [0.25, 0.3) is 0 Å². The first-order valence-electron chi connectivity index (χ1n) is 7.48. The van der Waals surface area contributed by atoms with Gasteiger partial charge in [-0.3, -0.25) is 9.59 Å². The number of rotatable bonds is 2. The molecule has 2 rings (SSSR count). The van der Waals surface area contributed by atoms with Crippen LogP contribution in [0.4, 0.5) is 0 Å². The number of carbonyl (C=O) groups excluding carboxylic acids is 2. The highest BCUT2D eigenvalue weighted by Crippen LogP contribution is 2.28. The normalized spacial score (nSPS) is 25.7. The summed E-state index contributed by atoms with van der Waals surface area (Å²) >= 11 is 0. The predicted molar refractivity (Wildman–Crippen MR) is 74.6 cm³/mol. The molecule has 0 aromatic rings. The van der Waals surface area contributed by atoms with Crippen LogP contribution in [-0.2, 0) is 9.59 Å². The lowest BCUT2D eigenvalue weighted by Crippen LogP contribution is -2.45. The number of hydrogen-bond donors (Lipinski definition) is 1. The van der Waals surface area contributed by atoms with Crippen molar-refractivity contribution in [3.63, 3.8) is 0 Å². The van der Waals surface area contributed by atoms with Crippen molar-refractivity contribution in [3.8, 4) is 0 Å². The summed E-state index contributed by atoms with van der Waals surface area (Å²) in [5, 5.41) is 2.99. The molecule has 1 aliphatic carbocycles. The number of carbonyl (C=O) groups is 2. The maximum Gasteiger partial charge on any atom is 0.225 e. The van der Waals surface area contributed by atoms with Crippen molar-refractivity contribution in [2.45, 2.75) is 70.9 Å². The first-order chi connectivity index (χ1) is 8.87. The lowest BCUT2D eigenvalue weighted by Gasteiger charge is -2.31. The second kappa shape index (κ2) is 5.51. The molecule has 1 heterocycles. The first-order valence-corrected chi connectivity index (χ1v) is 7.48. The minimum Gasteiger partial charge on any atom is -0.351 e. The third-order valence-electron chi connectivity index (χ3n) is 4.04. The molecular formula is C15H26N2O2. The van der Waals surface area contributed by atoms with Crippen molar-refractivity contribution in [3.05, 3.63) is 0 Å². The quantitative estimate of drug-likeness (QED) is 0.832. The van der Waals surface area contributed by atoms with Gasteiger partial charge in [-0.1, -0.05) is 19.3 Å². The topological polar surface area (TPSA) is 49.4 Å². The van der Waals surface area contributed by atoms with Gasteiger partial charge >= 0.3 is 0 Å². The Balaban J connectivity index is 1.93. The molecule has 2 fully saturated rings. The van der Waals surface area contributed by atoms with Gasteiger partial charge in [-0.05, 0) is 33.6 Å². The van der Waals surface area contributed by atoms with Crippen LogP contribution in [0.15, 0.2) is 0 Å². The van der Waals surface area contributed by atoms with E-state index in [1.54, 1.807) is 0 Å². The second-order valence-corrected chi connectivity index (χ2v) is 6.98. The van der Waals surface area contributed by atoms with Crippen LogP contribution in [0.2, 0.25) is 0 Å². The van der Waals surface area contributed by atoms with Gasteiger partial charge in [-0.15, -0.1) is 0 Å². The zero-order valence-corrected chi connectivity index (χ0v) is 12.4. The lowest BCUT2D eigenvalue weighted by atomic mass is 9.94. The maximum atomic E-state index is 12.1. The number of nitrogens with zero attached hydrogens (tertiary/aromatic N) is 1. The molecule has 1 atom stereocenters. The largest absolute Gasteiger partial charge is 0.351 e. The number of nitrogens with one attached hydrogen (secondary N) is 1. The summed E-state index contributed by atoms with van der Waals surface area (Å²) < 4.78 is 0. The van der Waals surface area contributed by atoms with Gasteiger partial charge in [0.2, 0.25) is 11.8 Å². The molecule has 0 unspecified atom stereocenters. The van der Waals surface area contributed by atoms with Crippen LogP contribution < -0.4 is 5.32 Å². The average Bonchev–Trinajstić information content (AvgIpc) is 2.70. The van der Waals surface area contributed by atoms with E-state index in [2.05, 4.69) is 5.32 Å². The van der Waals surface area contributed by atoms with Crippen molar-refractivity contribution in [2.24, 2.45) is 5.92 Å². The highest BCUT2D eigenvalue weighted by atomic mass is 16.2. The Morgan fingerprint density at radius 3 is 2.42 bits per heavy atom. The Bertz CT molecular complexity index is 354. The fourth-order valence-corrected chi connectivity index (χ4v) is 3.12. The predicted octanol–water partition coefficient (Wildman–Crippen LogP) is 2.08. The van der Waals surface area contributed by atoms with Crippen molar-refractivity contribution in [1.82, 2.24) is 10.2 Å². The van der Waals surface area contributed by atoms with Gasteiger partial charge < -0.3 is 10.2 Å². The molecule has 1 saturated carbocycles. The first kappa shape index (κ1) is 14.4. The summed E-state index contributed by atoms with van der Waals surface area (Å²) in [6.07, 6.45) is 6.32. The maximum absolute atomic E-state index is 12.1. The summed E-state index contributed by atoms with van der Waals surface area (Å²) in [6, 6.07) is 0.383. The van der Waals surface area contributed by atoms with E-state index in [-0.39, 0.29) is 23.3 Å². The summed E-state index contributed by atoms with van der Waals surface area (Å²) in [5.74, 6) is 0.0359. The highest BCUT2D eigenvalue weighted by molar-refractivity contribution is 5.89. The van der Waals surface area contributed by atoms with E-state index < -0.39 is 0 Å². The van der Waals surface area contributed by atoms with Gasteiger partial charge in [0.1, 0.15) is 0 Å². The molecule has 2 amide bonds. The zero-order chi connectivity index (χ0) is 14.0. The smallest absolute Gasteiger partial charge is 0.225 e. The van der Waals surface area contributed by atoms with Crippen LogP contribution in [0, 0.1) is 5.92 Å². The Morgan fingerprint density at radius 1 is 1.21 bits per heavy atom. The Kier molecular flexibility index (Phi) is 4.16. The Labute approximate surface area is 115 Å². The van der Waals surface area contributed by atoms with Crippen molar-refractivity contribution < 1.29 is 9.59 Å². The molecule has 2 aliphatic rings. The average molecular weight is 266 g/mol. The van der Waals surface area contributed by atoms with Crippen molar-refractivity contribution in [2.75, 3.05) is 6.54 Å². The fraction of sp³-hybridized carbons (Fsp3) is 0.867. The number of likely N-dealkylation sites (tertiary alicyclic amines) is 1. The SMILES string of the molecule is CC(C)(C)NC(=O)[C@H]1CC(=O)N(C2CCCCC2)C1. The third-order valence-corrected chi connectivity index (χ3v) is 4.04. The van der Waals surface area contributed by atoms with E-state index >= 15 is 0 Å². The van der Waals surface area contributed by atoms with Gasteiger partial charge in [0, 0.05) is 24.5 Å². The molecule has 0 aromatic carbocycles. The molecular weight excluding hydrogens is 240 g/mol. The van der Waals surface area contributed by atoms with Gasteiger partial charge in [0.15, 0.2) is 0 Å². The molecule has 19 heavy (non-hydrogen) atoms. The van der Waals surface area contributed by atoms with E-state index in [9.17, 15) is 9.59 Å². The molecule has 0 radical (unpaired) electrons. The molecule has 1 saturated heterocycles. The molecule has 4 heteroatoms. The van der Waals surface area contributed by atoms with E-state index in [0.29, 0.717) is 19.0 Å². The number of hydrogen-bond acceptors (Lipinski definition) is 2. The second-order valence-electron chi connectivity index (χ2n) is 6.98. The molecule has 1 N–H and O–H groups in total. The molecule has 0 aromatic heterocycles. The van der Waals surface area contributed by atoms with E-state index in [0.717, 1.165) is 12.8 Å². The molecule has 0 spiro atoms. The van der Waals surface area contributed by atoms with Gasteiger partial charge in [-0.2, -0.15) is 0 Å². The number of amides is 2. The monoisotopic (exact) mass is 266 g/mol. The fourth-order valence-electron chi connectivity index (χ4n) is 3.12. The van der Waals surface area contributed by atoms with Crippen LogP contribution in [0.1, 0.15) is 59.3 Å². The Morgan fingerprint density at radius 2 is 1.84 bits per heavy atom. The third kappa shape index (κ3) is 3.71. The summed E-state index contributed by atoms with van der Waals surface area (Å²) in [6.45, 7) is 6.53. The molecule has 1 aliphatic heterocycles. The van der Waals surface area contributed by atoms with E-state index in [1.807, 2.05) is 25.7 Å². The molecule has 0 bridgehead atoms. The molecule has 108 valence electrons. The van der Waals surface area contributed by atoms with Crippen molar-refractivity contribution in [1.29, 1.82) is 0 Å². The summed E-state index contributed by atoms with van der Waals surface area (Å²) in [5.41, 5.74) is -0.224. The van der Waals surface area contributed by atoms with Crippen molar-refractivity contribution >= 4 is 11.8 Å². The summed E-state index contributed by atoms with van der Waals surface area (Å²) in [7, 11) is 0. The molecule has 4 nitrogen and oxygen atoms in total. The zero-order valence-electron chi connectivity index (χ0n) is 12.4. The Hall–Kier alpha value is -1.06. The van der Waals surface area contributed by atoms with Gasteiger partial charge in [0.05, 0.1) is 5.92 Å². The lowest BCUT2D eigenvalue weighted by molar-refractivity contribution is -0.131. The van der Waals surface area contributed by atoms with Gasteiger partial charge in [-0.25, -0.2) is 0 Å². The summed E-state index contributed by atoms with van der Waals surface area (Å²) in [4.78, 5) is 26.2. The minimum absolute atomic E-state index is 0.0270. The van der Waals surface area contributed by atoms with Crippen LogP contribution in [0.3, 0.4) is 0 Å².